The minimum atomic E-state index is -4.31. The van der Waals surface area contributed by atoms with Gasteiger partial charge in [0, 0.05) is 0 Å². The smallest absolute Gasteiger partial charge is 0.386 e. The van der Waals surface area contributed by atoms with E-state index < -0.39 is 24.2 Å². The Kier molecular flexibility index (Phi) is 4.03. The normalized spacial score (nSPS) is 19.4. The summed E-state index contributed by atoms with van der Waals surface area (Å²) in [6.45, 7) is 2.52. The van der Waals surface area contributed by atoms with Gasteiger partial charge in [-0.05, 0) is 5.92 Å². The molecule has 1 aliphatic heterocycles. The highest BCUT2D eigenvalue weighted by molar-refractivity contribution is 5.79. The lowest BCUT2D eigenvalue weighted by atomic mass is 9.83. The highest BCUT2D eigenvalue weighted by atomic mass is 19.4. The van der Waals surface area contributed by atoms with Crippen LogP contribution in [0.5, 0.6) is 0 Å². The monoisotopic (exact) mass is 254 g/mol. The molecule has 1 saturated heterocycles. The van der Waals surface area contributed by atoms with Crippen molar-refractivity contribution in [1.29, 1.82) is 0 Å². The second-order valence-electron chi connectivity index (χ2n) is 4.73. The topological polar surface area (TPSA) is 52.6 Å². The Morgan fingerprint density at radius 1 is 1.47 bits per heavy atom. The van der Waals surface area contributed by atoms with Crippen LogP contribution in [0.25, 0.3) is 0 Å². The van der Waals surface area contributed by atoms with Gasteiger partial charge in [0.15, 0.2) is 0 Å². The second-order valence-corrected chi connectivity index (χ2v) is 4.73. The number of hydrogen-bond donors (Lipinski definition) is 2. The number of alkyl halides is 3. The van der Waals surface area contributed by atoms with Crippen molar-refractivity contribution in [1.82, 2.24) is 10.2 Å². The van der Waals surface area contributed by atoms with Crippen LogP contribution < -0.4 is 5.32 Å². The van der Waals surface area contributed by atoms with Gasteiger partial charge in [-0.1, -0.05) is 13.8 Å². The Morgan fingerprint density at radius 3 is 2.41 bits per heavy atom. The number of hydrogen-bond acceptors (Lipinski definition) is 3. The van der Waals surface area contributed by atoms with Crippen LogP contribution in [0.15, 0.2) is 0 Å². The number of likely N-dealkylation sites (tertiary alicyclic amines) is 1. The molecule has 0 unspecified atom stereocenters. The molecule has 4 nitrogen and oxygen atoms in total. The highest BCUT2D eigenvalue weighted by Gasteiger charge is 2.45. The Balaban J connectivity index is 2.24. The van der Waals surface area contributed by atoms with E-state index in [0.29, 0.717) is 0 Å². The van der Waals surface area contributed by atoms with Gasteiger partial charge in [0.1, 0.15) is 5.60 Å². The van der Waals surface area contributed by atoms with Crippen LogP contribution in [0.3, 0.4) is 0 Å². The SMILES string of the molecule is CC(C)C1(O)CN(C(=O)CNCC(F)(F)F)C1. The molecule has 0 aromatic rings. The standard InChI is InChI=1S/C10H17F3N2O2/c1-7(2)9(17)5-15(6-9)8(16)3-14-4-10(11,12)13/h7,14,17H,3-6H2,1-2H3. The maximum Gasteiger partial charge on any atom is 0.401 e. The number of nitrogens with zero attached hydrogens (tertiary/aromatic N) is 1. The first kappa shape index (κ1) is 14.2. The summed E-state index contributed by atoms with van der Waals surface area (Å²) in [4.78, 5) is 12.8. The van der Waals surface area contributed by atoms with E-state index >= 15 is 0 Å². The maximum atomic E-state index is 11.8. The Labute approximate surface area is 97.8 Å². The molecular weight excluding hydrogens is 237 g/mol. The van der Waals surface area contributed by atoms with Crippen molar-refractivity contribution >= 4 is 5.91 Å². The number of carbonyl (C=O) groups is 1. The summed E-state index contributed by atoms with van der Waals surface area (Å²) in [5.41, 5.74) is -0.889. The van der Waals surface area contributed by atoms with E-state index in [4.69, 9.17) is 0 Å². The number of halogens is 3. The summed E-state index contributed by atoms with van der Waals surface area (Å²) in [6, 6.07) is 0. The molecule has 1 amide bonds. The minimum absolute atomic E-state index is 0.0229. The third-order valence-corrected chi connectivity index (χ3v) is 2.96. The van der Waals surface area contributed by atoms with Crippen molar-refractivity contribution in [2.75, 3.05) is 26.2 Å². The molecule has 0 aromatic carbocycles. The van der Waals surface area contributed by atoms with Gasteiger partial charge in [-0.2, -0.15) is 13.2 Å². The lowest BCUT2D eigenvalue weighted by Crippen LogP contribution is -2.67. The molecule has 1 aliphatic rings. The zero-order valence-corrected chi connectivity index (χ0v) is 9.84. The van der Waals surface area contributed by atoms with E-state index in [-0.39, 0.29) is 25.6 Å². The predicted molar refractivity (Wildman–Crippen MR) is 55.3 cm³/mol. The van der Waals surface area contributed by atoms with E-state index in [1.807, 2.05) is 19.2 Å². The van der Waals surface area contributed by atoms with Crippen molar-refractivity contribution in [2.45, 2.75) is 25.6 Å². The number of β-amino-alcohol motifs (C(OH)–C–C–N with tert-alkyl or cyclic N) is 1. The van der Waals surface area contributed by atoms with E-state index in [9.17, 15) is 23.1 Å². The number of nitrogens with one attached hydrogen (secondary N) is 1. The fourth-order valence-corrected chi connectivity index (χ4v) is 1.58. The van der Waals surface area contributed by atoms with Gasteiger partial charge in [-0.3, -0.25) is 4.79 Å². The molecule has 0 aliphatic carbocycles. The largest absolute Gasteiger partial charge is 0.401 e. The Hall–Kier alpha value is -0.820. The molecule has 2 N–H and O–H groups in total. The maximum absolute atomic E-state index is 11.8. The number of amides is 1. The number of rotatable bonds is 4. The molecule has 0 aromatic heterocycles. The van der Waals surface area contributed by atoms with Crippen LogP contribution in [-0.2, 0) is 4.79 Å². The van der Waals surface area contributed by atoms with Crippen LogP contribution in [0, 0.1) is 5.92 Å². The lowest BCUT2D eigenvalue weighted by Gasteiger charge is -2.49. The second kappa shape index (κ2) is 4.81. The predicted octanol–water partition coefficient (Wildman–Crippen LogP) is 0.368. The fraction of sp³-hybridized carbons (Fsp3) is 0.900. The zero-order valence-electron chi connectivity index (χ0n) is 9.84. The Bertz CT molecular complexity index is 286. The Morgan fingerprint density at radius 2 is 2.00 bits per heavy atom. The molecule has 1 heterocycles. The molecule has 1 rings (SSSR count). The molecule has 1 fully saturated rings. The average molecular weight is 254 g/mol. The molecule has 17 heavy (non-hydrogen) atoms. The van der Waals surface area contributed by atoms with Crippen molar-refractivity contribution in [3.8, 4) is 0 Å². The third kappa shape index (κ3) is 3.85. The van der Waals surface area contributed by atoms with E-state index in [2.05, 4.69) is 0 Å². The van der Waals surface area contributed by atoms with Crippen molar-refractivity contribution in [2.24, 2.45) is 5.92 Å². The third-order valence-electron chi connectivity index (χ3n) is 2.96. The van der Waals surface area contributed by atoms with E-state index in [1.54, 1.807) is 0 Å². The minimum Gasteiger partial charge on any atom is -0.386 e. The molecular formula is C10H17F3N2O2. The molecule has 0 atom stereocenters. The van der Waals surface area contributed by atoms with Crippen molar-refractivity contribution in [3.05, 3.63) is 0 Å². The first-order valence-electron chi connectivity index (χ1n) is 5.42. The van der Waals surface area contributed by atoms with E-state index in [0.717, 1.165) is 0 Å². The van der Waals surface area contributed by atoms with Gasteiger partial charge >= 0.3 is 6.18 Å². The summed E-state index contributed by atoms with van der Waals surface area (Å²) >= 11 is 0. The molecule has 100 valence electrons. The fourth-order valence-electron chi connectivity index (χ4n) is 1.58. The summed E-state index contributed by atoms with van der Waals surface area (Å²) in [5.74, 6) is -0.394. The van der Waals surface area contributed by atoms with Crippen LogP contribution in [0.1, 0.15) is 13.8 Å². The van der Waals surface area contributed by atoms with Crippen LogP contribution in [0.2, 0.25) is 0 Å². The summed E-state index contributed by atoms with van der Waals surface area (Å²) < 4.78 is 35.4. The highest BCUT2D eigenvalue weighted by Crippen LogP contribution is 2.28. The first-order valence-corrected chi connectivity index (χ1v) is 5.42. The molecule has 0 radical (unpaired) electrons. The number of carbonyl (C=O) groups excluding carboxylic acids is 1. The van der Waals surface area contributed by atoms with Gasteiger partial charge in [-0.25, -0.2) is 0 Å². The van der Waals surface area contributed by atoms with Crippen LogP contribution in [-0.4, -0.2) is 53.9 Å². The molecule has 7 heteroatoms. The van der Waals surface area contributed by atoms with Crippen LogP contribution in [0.4, 0.5) is 13.2 Å². The summed E-state index contributed by atoms with van der Waals surface area (Å²) in [7, 11) is 0. The van der Waals surface area contributed by atoms with Gasteiger partial charge in [-0.15, -0.1) is 0 Å². The summed E-state index contributed by atoms with van der Waals surface area (Å²) in [5, 5.41) is 11.9. The van der Waals surface area contributed by atoms with Crippen molar-refractivity contribution in [3.63, 3.8) is 0 Å². The van der Waals surface area contributed by atoms with Crippen molar-refractivity contribution < 1.29 is 23.1 Å². The molecule has 0 saturated carbocycles. The quantitative estimate of drug-likeness (QED) is 0.762. The van der Waals surface area contributed by atoms with Gasteiger partial charge in [0.05, 0.1) is 26.2 Å². The summed E-state index contributed by atoms with van der Waals surface area (Å²) in [6.07, 6.45) is -4.31. The van der Waals surface area contributed by atoms with Gasteiger partial charge in [0.2, 0.25) is 5.91 Å². The first-order chi connectivity index (χ1) is 7.64. The zero-order chi connectivity index (χ0) is 13.3. The van der Waals surface area contributed by atoms with Gasteiger partial charge in [0.25, 0.3) is 0 Å². The average Bonchev–Trinajstić information content (AvgIpc) is 2.10. The lowest BCUT2D eigenvalue weighted by molar-refractivity contribution is -0.163. The number of aliphatic hydroxyl groups is 1. The van der Waals surface area contributed by atoms with Crippen LogP contribution >= 0.6 is 0 Å². The van der Waals surface area contributed by atoms with Gasteiger partial charge < -0.3 is 15.3 Å². The molecule has 0 spiro atoms. The van der Waals surface area contributed by atoms with E-state index in [1.165, 1.54) is 4.90 Å². The molecule has 0 bridgehead atoms.